The van der Waals surface area contributed by atoms with Crippen LogP contribution in [0.3, 0.4) is 0 Å². The second-order valence-corrected chi connectivity index (χ2v) is 30.6. The van der Waals surface area contributed by atoms with E-state index in [0.717, 1.165) is 150 Å². The average Bonchev–Trinajstić information content (AvgIpc) is 1.56. The van der Waals surface area contributed by atoms with Crippen molar-refractivity contribution >= 4 is 112 Å². The fourth-order valence-electron chi connectivity index (χ4n) is 16.7. The van der Waals surface area contributed by atoms with Crippen molar-refractivity contribution in [2.75, 3.05) is 103 Å². The molecule has 13 aliphatic rings. The first-order valence-electron chi connectivity index (χ1n) is 35.5. The molecule has 629 valence electrons. The summed E-state index contributed by atoms with van der Waals surface area (Å²) in [5, 5.41) is 44.4. The molecule has 10 unspecified atom stereocenters. The van der Waals surface area contributed by atoms with E-state index < -0.39 is 85.7 Å². The van der Waals surface area contributed by atoms with E-state index in [2.05, 4.69) is 41.4 Å². The smallest absolute Gasteiger partial charge is 1.00 e. The van der Waals surface area contributed by atoms with Gasteiger partial charge in [0.15, 0.2) is 41.7 Å². The number of ketones is 4. The van der Waals surface area contributed by atoms with Crippen LogP contribution in [0.1, 0.15) is 137 Å². The van der Waals surface area contributed by atoms with Crippen LogP contribution in [-0.2, 0) is 123 Å². The van der Waals surface area contributed by atoms with E-state index >= 15 is 0 Å². The molecule has 5 N–H and O–H groups in total. The summed E-state index contributed by atoms with van der Waals surface area (Å²) in [4.78, 5) is 131. The molecule has 10 aliphatic carbocycles. The normalized spacial score (nSPS) is 27.5. The zero-order chi connectivity index (χ0) is 79.6. The van der Waals surface area contributed by atoms with Gasteiger partial charge in [0.1, 0.15) is 30.2 Å². The van der Waals surface area contributed by atoms with Gasteiger partial charge in [-0.05, 0) is 110 Å². The molecule has 3 radical (unpaired) electrons. The molecule has 3 saturated heterocycles. The summed E-state index contributed by atoms with van der Waals surface area (Å²) in [5.41, 5.74) is 0.435. The second kappa shape index (κ2) is 55.4. The van der Waals surface area contributed by atoms with Crippen LogP contribution >= 0.6 is 23.1 Å². The van der Waals surface area contributed by atoms with Crippen LogP contribution in [-0.4, -0.2) is 240 Å². The van der Waals surface area contributed by atoms with Crippen molar-refractivity contribution in [3.8, 4) is 0 Å². The summed E-state index contributed by atoms with van der Waals surface area (Å²) in [6.45, 7) is 8.60. The fraction of sp³-hybridized carbons (Fsp3) is 0.707. The molecule has 0 amide bonds. The molecule has 0 bridgehead atoms. The van der Waals surface area contributed by atoms with Crippen molar-refractivity contribution in [1.29, 1.82) is 0 Å². The Morgan fingerprint density at radius 2 is 0.895 bits per heavy atom. The van der Waals surface area contributed by atoms with Crippen molar-refractivity contribution in [2.24, 2.45) is 76.9 Å². The number of aryl methyl sites for hydroxylation is 1. The summed E-state index contributed by atoms with van der Waals surface area (Å²) in [6.07, 6.45) is 17.4. The Bertz CT molecular complexity index is 3270. The number of aliphatic hydroxyl groups excluding tert-OH is 4. The summed E-state index contributed by atoms with van der Waals surface area (Å²) in [5.74, 6) is -4.72. The van der Waals surface area contributed by atoms with Gasteiger partial charge >= 0.3 is 113 Å². The van der Waals surface area contributed by atoms with Crippen LogP contribution < -0.4 is 93.8 Å². The molecular formula is C75H110BCl2Na3O32S-. The first-order chi connectivity index (χ1) is 50.8. The topological polar surface area (TPSA) is 484 Å². The van der Waals surface area contributed by atoms with E-state index in [1.807, 2.05) is 6.92 Å². The minimum atomic E-state index is -3.55. The molecule has 10 atom stereocenters. The number of carbonyl (C=O) groups is 12. The van der Waals surface area contributed by atoms with Gasteiger partial charge in [0, 0.05) is 115 Å². The largest absolute Gasteiger partial charge is 1.00 e. The molecule has 0 aromatic heterocycles. The molecule has 32 nitrogen and oxygen atoms in total. The third-order valence-electron chi connectivity index (χ3n) is 21.0. The van der Waals surface area contributed by atoms with Crippen molar-refractivity contribution in [3.05, 3.63) is 52.8 Å². The first-order valence-corrected chi connectivity index (χ1v) is 37.8. The molecule has 114 heavy (non-hydrogen) atoms. The number of aliphatic hydroxyl groups is 4. The standard InChI is InChI=1S/C16H17O9.C11H18O2.C10H16O3.C10H14O3.C8H10O2.C7H7ClO2S.C7H10O5.C2H6O2.C2H2O2.CH4O.CH4.B.ClH.3Na.H2O.H/c1-22-13(18)6-5-7(14(19)23-2)9-8(6)10(15(20)24-3)12(17)11(9)16(21)25-4;1-8-4-9-6-11(7-10(9)5-8)12-2-3-13-11;2*11-9-3-7-5-10(6-8(7)4-9)12-1-2-13-10;9-7-1-5-2-8(10)4-6(5)3-7;1-6-2-4-7(5-3-6)11(8,9)10;1-11-6(9)3-5(8)4-7(10)12-2;2*3-1-2-4;1-2;;;;;;;;/h6,8-9,11,17H,1-4H3;8-10H,2-7H2,1H3;7-9,11H,1-6H2;7-8H,1-6H2;5-6H,1-4H2;2-5H,1H3;3-4H2,1-2H3;3-4H,1-2H2;1-2H;2H,1H3;1H4;;1H;;;;1H2;/q-1;;;;;;;;;;;;;3*+1;;-1/p-2. The van der Waals surface area contributed by atoms with Gasteiger partial charge in [0.2, 0.25) is 0 Å². The van der Waals surface area contributed by atoms with Gasteiger partial charge in [-0.2, -0.15) is 0 Å². The maximum atomic E-state index is 12.6. The second-order valence-electron chi connectivity index (χ2n) is 28.1. The van der Waals surface area contributed by atoms with Gasteiger partial charge < -0.3 is 94.1 Å². The minimum absolute atomic E-state index is 0. The SMILES string of the molecule is C.CC1CC2CC3(CC2C1)OCCO3.CO.COC(=O)C1=[C-]C(C(=O)OC)C2C(C(=O)OC)=C([O-])C(C(=O)OC)C12.COC(=O)CC(=O)CC(=O)OC.Cc1ccc(S(=O)(=O)Cl)cc1.Cl.O=C1CC2CC(=O)CC2C1.O=C1CC2CC3(CC2C1)OCCO3.O=CC=O.OC1CC2CC3(CC2C1)OCCO3.OCCO.[B].[H-].[Na+].[Na+].[Na+].[OH-]. The van der Waals surface area contributed by atoms with Crippen molar-refractivity contribution in [3.63, 3.8) is 0 Å². The number of aldehydes is 2. The number of fused-ring (bicyclic) bond motifs is 5. The third-order valence-corrected chi connectivity index (χ3v) is 22.4. The number of carbonyl (C=O) groups excluding carboxylic acids is 12. The molecule has 1 aromatic carbocycles. The predicted octanol–water partition coefficient (Wildman–Crippen LogP) is -5.13. The number of rotatable bonds is 11. The van der Waals surface area contributed by atoms with E-state index in [-0.39, 0.29) is 196 Å². The fourth-order valence-corrected chi connectivity index (χ4v) is 17.5. The molecule has 11 fully saturated rings. The molecular weight excluding hydrogens is 1600 g/mol. The quantitative estimate of drug-likeness (QED) is 0.0235. The minimum Gasteiger partial charge on any atom is -1.00 e. The zero-order valence-electron chi connectivity index (χ0n) is 67.5. The van der Waals surface area contributed by atoms with Crippen molar-refractivity contribution < 1.29 is 244 Å². The Labute approximate surface area is 747 Å². The number of benzene rings is 1. The van der Waals surface area contributed by atoms with Crippen LogP contribution in [0.2, 0.25) is 0 Å². The summed E-state index contributed by atoms with van der Waals surface area (Å²) < 4.78 is 82.5. The van der Waals surface area contributed by atoms with Crippen molar-refractivity contribution in [2.45, 2.75) is 165 Å². The van der Waals surface area contributed by atoms with E-state index in [0.29, 0.717) is 78.5 Å². The number of Topliss-reactive ketones (excluding diaryl/α,β-unsaturated/α-hetero) is 4. The number of esters is 6. The molecule has 3 aliphatic heterocycles. The third kappa shape index (κ3) is 32.8. The van der Waals surface area contributed by atoms with E-state index in [1.54, 1.807) is 12.1 Å². The van der Waals surface area contributed by atoms with Crippen molar-refractivity contribution in [1.82, 2.24) is 0 Å². The van der Waals surface area contributed by atoms with Gasteiger partial charge in [-0.3, -0.25) is 47.9 Å². The molecule has 39 heteroatoms. The predicted molar refractivity (Wildman–Crippen MR) is 391 cm³/mol. The molecule has 14 rings (SSSR count). The number of hydrogen-bond acceptors (Lipinski definition) is 32. The maximum Gasteiger partial charge on any atom is 1.00 e. The van der Waals surface area contributed by atoms with Gasteiger partial charge in [-0.15, -0.1) is 23.7 Å². The zero-order valence-corrected chi connectivity index (χ0v) is 74.9. The summed E-state index contributed by atoms with van der Waals surface area (Å²) >= 11 is 0. The Kier molecular flexibility index (Phi) is 55.7. The first kappa shape index (κ1) is 115. The Balaban J connectivity index is -0.000000616. The average molecular weight is 1710 g/mol. The Morgan fingerprint density at radius 1 is 0.561 bits per heavy atom. The van der Waals surface area contributed by atoms with Crippen LogP contribution in [0.15, 0.2) is 46.1 Å². The van der Waals surface area contributed by atoms with Crippen LogP contribution in [0, 0.1) is 89.9 Å². The van der Waals surface area contributed by atoms with Gasteiger partial charge in [-0.1, -0.05) is 32.0 Å². The number of ether oxygens (including phenoxy) is 12. The Morgan fingerprint density at radius 3 is 1.20 bits per heavy atom. The maximum absolute atomic E-state index is 12.6. The van der Waals surface area contributed by atoms with E-state index in [9.17, 15) is 66.6 Å². The monoisotopic (exact) mass is 1700 g/mol. The van der Waals surface area contributed by atoms with Crippen LogP contribution in [0.25, 0.3) is 0 Å². The molecule has 3 heterocycles. The Hall–Kier alpha value is -3.51. The number of methoxy groups -OCH3 is 6. The van der Waals surface area contributed by atoms with E-state index in [4.69, 9.17) is 64.0 Å². The van der Waals surface area contributed by atoms with E-state index in [1.165, 1.54) is 52.0 Å². The molecule has 3 spiro atoms. The van der Waals surface area contributed by atoms with Gasteiger partial charge in [-0.25, -0.2) is 19.3 Å². The molecule has 1 aromatic rings. The number of hydrogen-bond donors (Lipinski definition) is 4. The van der Waals surface area contributed by atoms with Crippen LogP contribution in [0.5, 0.6) is 0 Å². The number of halogens is 2. The van der Waals surface area contributed by atoms with Crippen LogP contribution in [0.4, 0.5) is 0 Å². The summed E-state index contributed by atoms with van der Waals surface area (Å²) in [7, 11) is 9.23. The van der Waals surface area contributed by atoms with Gasteiger partial charge in [0.05, 0.1) is 112 Å². The molecule has 8 saturated carbocycles. The summed E-state index contributed by atoms with van der Waals surface area (Å²) in [6, 6.07) is 6.37. The van der Waals surface area contributed by atoms with Gasteiger partial charge in [0.25, 0.3) is 15.0 Å².